The molecule has 3 rings (SSSR count). The number of nitrogens with zero attached hydrogens (tertiary/aromatic N) is 1. The van der Waals surface area contributed by atoms with E-state index < -0.39 is 11.7 Å². The molecule has 7 heteroatoms. The highest BCUT2D eigenvalue weighted by molar-refractivity contribution is 6.52. The van der Waals surface area contributed by atoms with Gasteiger partial charge in [-0.15, -0.1) is 0 Å². The maximum absolute atomic E-state index is 12.1. The van der Waals surface area contributed by atoms with E-state index in [0.29, 0.717) is 58.1 Å². The van der Waals surface area contributed by atoms with Crippen LogP contribution in [0.3, 0.4) is 0 Å². The standard InChI is InChI=1S/C18H14Cl3NO3/c19-11-4-6-15-13(9-11)17(23)18(24)22(15)7-1-2-8-25-16-10-12(20)3-5-14(16)21/h3-6,9-10H,1-2,7-8H2. The van der Waals surface area contributed by atoms with Gasteiger partial charge in [-0.3, -0.25) is 9.59 Å². The number of halogens is 3. The molecule has 0 saturated heterocycles. The van der Waals surface area contributed by atoms with Crippen molar-refractivity contribution in [3.8, 4) is 5.75 Å². The van der Waals surface area contributed by atoms with Crippen LogP contribution in [0.25, 0.3) is 0 Å². The van der Waals surface area contributed by atoms with Crippen molar-refractivity contribution in [2.75, 3.05) is 18.1 Å². The zero-order valence-electron chi connectivity index (χ0n) is 13.1. The number of amides is 1. The van der Waals surface area contributed by atoms with Crippen molar-refractivity contribution in [3.05, 3.63) is 57.0 Å². The van der Waals surface area contributed by atoms with Gasteiger partial charge in [0.15, 0.2) is 0 Å². The Kier molecular flexibility index (Phi) is 5.52. The molecule has 0 radical (unpaired) electrons. The second-order valence-corrected chi connectivity index (χ2v) is 6.86. The second kappa shape index (κ2) is 7.65. The number of benzene rings is 2. The van der Waals surface area contributed by atoms with Crippen molar-refractivity contribution in [2.24, 2.45) is 0 Å². The minimum absolute atomic E-state index is 0.361. The van der Waals surface area contributed by atoms with Crippen molar-refractivity contribution >= 4 is 52.2 Å². The summed E-state index contributed by atoms with van der Waals surface area (Å²) in [5.41, 5.74) is 0.970. The van der Waals surface area contributed by atoms with Crippen LogP contribution in [-0.4, -0.2) is 24.8 Å². The Morgan fingerprint density at radius 2 is 1.64 bits per heavy atom. The number of hydrogen-bond donors (Lipinski definition) is 0. The number of rotatable bonds is 6. The molecule has 0 aliphatic carbocycles. The van der Waals surface area contributed by atoms with Crippen LogP contribution in [0.1, 0.15) is 23.2 Å². The number of fused-ring (bicyclic) bond motifs is 1. The molecular weight excluding hydrogens is 385 g/mol. The Morgan fingerprint density at radius 3 is 2.44 bits per heavy atom. The molecule has 0 spiro atoms. The van der Waals surface area contributed by atoms with Gasteiger partial charge in [0.1, 0.15) is 5.75 Å². The highest BCUT2D eigenvalue weighted by Gasteiger charge is 2.35. The molecule has 0 aromatic heterocycles. The Hall–Kier alpha value is -1.75. The summed E-state index contributed by atoms with van der Waals surface area (Å²) in [6, 6.07) is 9.92. The SMILES string of the molecule is O=C1C(=O)N(CCCCOc2cc(Cl)ccc2Cl)c2ccc(Cl)cc21. The van der Waals surface area contributed by atoms with Crippen LogP contribution in [0, 0.1) is 0 Å². The average Bonchev–Trinajstić information content (AvgIpc) is 2.82. The minimum Gasteiger partial charge on any atom is -0.492 e. The summed E-state index contributed by atoms with van der Waals surface area (Å²) in [6.45, 7) is 0.870. The van der Waals surface area contributed by atoms with Gasteiger partial charge in [-0.1, -0.05) is 34.8 Å². The first-order valence-electron chi connectivity index (χ1n) is 7.71. The van der Waals surface area contributed by atoms with Gasteiger partial charge in [0, 0.05) is 22.7 Å². The van der Waals surface area contributed by atoms with E-state index in [4.69, 9.17) is 39.5 Å². The summed E-state index contributed by atoms with van der Waals surface area (Å²) in [7, 11) is 0. The van der Waals surface area contributed by atoms with Gasteiger partial charge in [-0.25, -0.2) is 0 Å². The molecule has 2 aromatic rings. The van der Waals surface area contributed by atoms with Crippen molar-refractivity contribution in [1.82, 2.24) is 0 Å². The van der Waals surface area contributed by atoms with E-state index >= 15 is 0 Å². The smallest absolute Gasteiger partial charge is 0.299 e. The monoisotopic (exact) mass is 397 g/mol. The third-order valence-electron chi connectivity index (χ3n) is 3.86. The summed E-state index contributed by atoms with van der Waals surface area (Å²) in [6.07, 6.45) is 1.38. The number of anilines is 1. The molecule has 25 heavy (non-hydrogen) atoms. The van der Waals surface area contributed by atoms with Crippen molar-refractivity contribution in [1.29, 1.82) is 0 Å². The lowest BCUT2D eigenvalue weighted by molar-refractivity contribution is -0.114. The van der Waals surface area contributed by atoms with E-state index in [1.807, 2.05) is 0 Å². The van der Waals surface area contributed by atoms with Crippen LogP contribution in [-0.2, 0) is 4.79 Å². The molecule has 1 aliphatic rings. The van der Waals surface area contributed by atoms with E-state index in [1.54, 1.807) is 30.3 Å². The van der Waals surface area contributed by atoms with Crippen LogP contribution in [0.15, 0.2) is 36.4 Å². The van der Waals surface area contributed by atoms with Crippen LogP contribution < -0.4 is 9.64 Å². The molecule has 2 aromatic carbocycles. The maximum Gasteiger partial charge on any atom is 0.299 e. The quantitative estimate of drug-likeness (QED) is 0.506. The summed E-state index contributed by atoms with van der Waals surface area (Å²) < 4.78 is 5.61. The van der Waals surface area contributed by atoms with Gasteiger partial charge in [-0.05, 0) is 43.2 Å². The lowest BCUT2D eigenvalue weighted by Gasteiger charge is -2.16. The van der Waals surface area contributed by atoms with Crippen molar-refractivity contribution < 1.29 is 14.3 Å². The van der Waals surface area contributed by atoms with Gasteiger partial charge in [0.2, 0.25) is 0 Å². The zero-order chi connectivity index (χ0) is 18.0. The number of Topliss-reactive ketones (excluding diaryl/α,β-unsaturated/α-hetero) is 1. The fraction of sp³-hybridized carbons (Fsp3) is 0.222. The molecule has 130 valence electrons. The van der Waals surface area contributed by atoms with Gasteiger partial charge in [0.25, 0.3) is 11.7 Å². The van der Waals surface area contributed by atoms with Crippen molar-refractivity contribution in [2.45, 2.75) is 12.8 Å². The van der Waals surface area contributed by atoms with Gasteiger partial charge < -0.3 is 9.64 Å². The third kappa shape index (κ3) is 3.92. The Bertz CT molecular complexity index is 838. The molecule has 1 heterocycles. The number of carbonyl (C=O) groups is 2. The van der Waals surface area contributed by atoms with E-state index in [-0.39, 0.29) is 0 Å². The number of carbonyl (C=O) groups excluding carboxylic acids is 2. The molecule has 4 nitrogen and oxygen atoms in total. The molecule has 1 aliphatic heterocycles. The first-order chi connectivity index (χ1) is 12.0. The molecule has 0 fully saturated rings. The highest BCUT2D eigenvalue weighted by atomic mass is 35.5. The number of hydrogen-bond acceptors (Lipinski definition) is 3. The zero-order valence-corrected chi connectivity index (χ0v) is 15.4. The van der Waals surface area contributed by atoms with Gasteiger partial charge >= 0.3 is 0 Å². The first kappa shape index (κ1) is 18.1. The first-order valence-corrected chi connectivity index (χ1v) is 8.84. The van der Waals surface area contributed by atoms with E-state index in [2.05, 4.69) is 0 Å². The van der Waals surface area contributed by atoms with Crippen LogP contribution >= 0.6 is 34.8 Å². The summed E-state index contributed by atoms with van der Waals surface area (Å²) in [5, 5.41) is 1.49. The molecule has 0 unspecified atom stereocenters. The molecule has 0 bridgehead atoms. The Morgan fingerprint density at radius 1 is 0.920 bits per heavy atom. The van der Waals surface area contributed by atoms with Crippen LogP contribution in [0.4, 0.5) is 5.69 Å². The minimum atomic E-state index is -0.518. The predicted molar refractivity (Wildman–Crippen MR) is 99.3 cm³/mol. The normalized spacial score (nSPS) is 13.3. The molecule has 0 N–H and O–H groups in total. The summed E-state index contributed by atoms with van der Waals surface area (Å²) >= 11 is 17.8. The van der Waals surface area contributed by atoms with E-state index in [1.165, 1.54) is 11.0 Å². The van der Waals surface area contributed by atoms with Crippen LogP contribution in [0.2, 0.25) is 15.1 Å². The Labute approximate surface area is 160 Å². The molecule has 0 atom stereocenters. The lowest BCUT2D eigenvalue weighted by Crippen LogP contribution is -2.30. The van der Waals surface area contributed by atoms with Gasteiger partial charge in [-0.2, -0.15) is 0 Å². The fourth-order valence-electron chi connectivity index (χ4n) is 2.64. The maximum atomic E-state index is 12.1. The number of ether oxygens (including phenoxy) is 1. The topological polar surface area (TPSA) is 46.6 Å². The van der Waals surface area contributed by atoms with E-state index in [9.17, 15) is 9.59 Å². The van der Waals surface area contributed by atoms with Crippen molar-refractivity contribution in [3.63, 3.8) is 0 Å². The number of unbranched alkanes of at least 4 members (excludes halogenated alkanes) is 1. The Balaban J connectivity index is 1.54. The summed E-state index contributed by atoms with van der Waals surface area (Å²) in [4.78, 5) is 25.6. The predicted octanol–water partition coefficient (Wildman–Crippen LogP) is 5.04. The lowest BCUT2D eigenvalue weighted by atomic mass is 10.1. The third-order valence-corrected chi connectivity index (χ3v) is 4.64. The van der Waals surface area contributed by atoms with Crippen LogP contribution in [0.5, 0.6) is 5.75 Å². The number of ketones is 1. The molecule has 1 amide bonds. The fourth-order valence-corrected chi connectivity index (χ4v) is 3.14. The average molecular weight is 399 g/mol. The largest absolute Gasteiger partial charge is 0.492 e. The second-order valence-electron chi connectivity index (χ2n) is 5.58. The van der Waals surface area contributed by atoms with E-state index in [0.717, 1.165) is 0 Å². The molecule has 0 saturated carbocycles. The summed E-state index contributed by atoms with van der Waals surface area (Å²) in [5.74, 6) is -0.503. The van der Waals surface area contributed by atoms with Gasteiger partial charge in [0.05, 0.1) is 22.9 Å². The molecular formula is C18H14Cl3NO3. The highest BCUT2D eigenvalue weighted by Crippen LogP contribution is 2.31.